The fraction of sp³-hybridized carbons (Fsp3) is 0.524. The van der Waals surface area contributed by atoms with E-state index in [-0.39, 0.29) is 24.4 Å². The van der Waals surface area contributed by atoms with Gasteiger partial charge in [-0.05, 0) is 49.9 Å². The summed E-state index contributed by atoms with van der Waals surface area (Å²) in [6.07, 6.45) is 4.48. The second-order valence-corrected chi connectivity index (χ2v) is 8.93. The molecule has 0 radical (unpaired) electrons. The molecule has 1 heterocycles. The highest BCUT2D eigenvalue weighted by Crippen LogP contribution is 2.30. The minimum absolute atomic E-state index is 0.0268. The summed E-state index contributed by atoms with van der Waals surface area (Å²) in [5.41, 5.74) is 0.646. The average Bonchev–Trinajstić information content (AvgIpc) is 2.69. The van der Waals surface area contributed by atoms with Gasteiger partial charge in [0, 0.05) is 22.5 Å². The molecular formula is C21H27ClN2O3S. The maximum atomic E-state index is 13.2. The summed E-state index contributed by atoms with van der Waals surface area (Å²) < 4.78 is 5.55. The SMILES string of the molecule is CC1=C(C(=O)N(CC(=O)N[C@H]2CCCC[C@H]2C)c2ccc(Cl)cc2)SCCO1. The Hall–Kier alpha value is -1.66. The maximum Gasteiger partial charge on any atom is 0.268 e. The molecule has 1 aromatic carbocycles. The number of halogens is 1. The molecule has 2 aliphatic rings. The molecule has 1 aliphatic carbocycles. The molecule has 152 valence electrons. The first kappa shape index (κ1) is 21.1. The van der Waals surface area contributed by atoms with Crippen LogP contribution in [-0.4, -0.2) is 36.8 Å². The molecule has 0 bridgehead atoms. The number of rotatable bonds is 5. The van der Waals surface area contributed by atoms with E-state index in [1.54, 1.807) is 31.2 Å². The Labute approximate surface area is 175 Å². The van der Waals surface area contributed by atoms with Crippen LogP contribution in [0, 0.1) is 5.92 Å². The van der Waals surface area contributed by atoms with E-state index in [0.717, 1.165) is 25.0 Å². The molecular weight excluding hydrogens is 396 g/mol. The molecule has 5 nitrogen and oxygen atoms in total. The highest BCUT2D eigenvalue weighted by atomic mass is 35.5. The van der Waals surface area contributed by atoms with Gasteiger partial charge in [-0.3, -0.25) is 14.5 Å². The Morgan fingerprint density at radius 3 is 2.64 bits per heavy atom. The summed E-state index contributed by atoms with van der Waals surface area (Å²) in [4.78, 5) is 28.1. The van der Waals surface area contributed by atoms with E-state index in [0.29, 0.717) is 33.9 Å². The first-order valence-corrected chi connectivity index (χ1v) is 11.2. The normalized spacial score (nSPS) is 22.4. The summed E-state index contributed by atoms with van der Waals surface area (Å²) in [7, 11) is 0. The third-order valence-electron chi connectivity index (χ3n) is 5.31. The smallest absolute Gasteiger partial charge is 0.268 e. The van der Waals surface area contributed by atoms with Crippen molar-refractivity contribution < 1.29 is 14.3 Å². The molecule has 0 unspecified atom stereocenters. The van der Waals surface area contributed by atoms with Gasteiger partial charge in [0.25, 0.3) is 5.91 Å². The largest absolute Gasteiger partial charge is 0.496 e. The topological polar surface area (TPSA) is 58.6 Å². The van der Waals surface area contributed by atoms with Crippen LogP contribution in [0.1, 0.15) is 39.5 Å². The molecule has 2 amide bonds. The van der Waals surface area contributed by atoms with Gasteiger partial charge in [0.05, 0.1) is 6.61 Å². The summed E-state index contributed by atoms with van der Waals surface area (Å²) in [6.45, 7) is 4.54. The van der Waals surface area contributed by atoms with Crippen molar-refractivity contribution in [3.63, 3.8) is 0 Å². The predicted octanol–water partition coefficient (Wildman–Crippen LogP) is 4.36. The van der Waals surface area contributed by atoms with E-state index in [4.69, 9.17) is 16.3 Å². The monoisotopic (exact) mass is 422 g/mol. The minimum Gasteiger partial charge on any atom is -0.496 e. The first-order chi connectivity index (χ1) is 13.5. The van der Waals surface area contributed by atoms with Gasteiger partial charge in [0.2, 0.25) is 5.91 Å². The highest BCUT2D eigenvalue weighted by Gasteiger charge is 2.29. The molecule has 28 heavy (non-hydrogen) atoms. The van der Waals surface area contributed by atoms with Gasteiger partial charge < -0.3 is 10.1 Å². The Morgan fingerprint density at radius 2 is 1.96 bits per heavy atom. The highest BCUT2D eigenvalue weighted by molar-refractivity contribution is 8.04. The molecule has 7 heteroatoms. The van der Waals surface area contributed by atoms with Crippen LogP contribution in [0.3, 0.4) is 0 Å². The van der Waals surface area contributed by atoms with E-state index in [9.17, 15) is 9.59 Å². The van der Waals surface area contributed by atoms with Crippen LogP contribution in [0.4, 0.5) is 5.69 Å². The second-order valence-electron chi connectivity index (χ2n) is 7.39. The molecule has 2 atom stereocenters. The Bertz CT molecular complexity index is 751. The molecule has 3 rings (SSSR count). The van der Waals surface area contributed by atoms with Gasteiger partial charge in [-0.25, -0.2) is 0 Å². The third-order valence-corrected chi connectivity index (χ3v) is 6.68. The molecule has 1 fully saturated rings. The lowest BCUT2D eigenvalue weighted by molar-refractivity contribution is -0.123. The van der Waals surface area contributed by atoms with Crippen LogP contribution < -0.4 is 10.2 Å². The van der Waals surface area contributed by atoms with Crippen molar-refractivity contribution in [3.8, 4) is 0 Å². The zero-order valence-corrected chi connectivity index (χ0v) is 17.9. The number of nitrogens with zero attached hydrogens (tertiary/aromatic N) is 1. The molecule has 1 aromatic rings. The summed E-state index contributed by atoms with van der Waals surface area (Å²) in [6, 6.07) is 7.16. The molecule has 1 aliphatic heterocycles. The fourth-order valence-corrected chi connectivity index (χ4v) is 4.66. The molecule has 0 saturated heterocycles. The van der Waals surface area contributed by atoms with Crippen molar-refractivity contribution >= 4 is 40.9 Å². The number of carbonyl (C=O) groups is 2. The van der Waals surface area contributed by atoms with E-state index in [1.165, 1.54) is 23.1 Å². The molecule has 1 N–H and O–H groups in total. The quantitative estimate of drug-likeness (QED) is 0.765. The lowest BCUT2D eigenvalue weighted by Gasteiger charge is -2.31. The lowest BCUT2D eigenvalue weighted by Crippen LogP contribution is -2.47. The molecule has 0 aromatic heterocycles. The Kier molecular flexibility index (Phi) is 7.30. The van der Waals surface area contributed by atoms with Crippen LogP contribution >= 0.6 is 23.4 Å². The number of amides is 2. The van der Waals surface area contributed by atoms with Crippen molar-refractivity contribution in [1.29, 1.82) is 0 Å². The maximum absolute atomic E-state index is 13.2. The number of ether oxygens (including phenoxy) is 1. The first-order valence-electron chi connectivity index (χ1n) is 9.79. The predicted molar refractivity (Wildman–Crippen MR) is 114 cm³/mol. The van der Waals surface area contributed by atoms with Gasteiger partial charge in [-0.1, -0.05) is 31.4 Å². The van der Waals surface area contributed by atoms with Crippen molar-refractivity contribution in [1.82, 2.24) is 5.32 Å². The van der Waals surface area contributed by atoms with Crippen molar-refractivity contribution in [2.24, 2.45) is 5.92 Å². The summed E-state index contributed by atoms with van der Waals surface area (Å²) in [5.74, 6) is 1.45. The molecule has 0 spiro atoms. The number of thioether (sulfide) groups is 1. The number of anilines is 1. The Balaban J connectivity index is 1.79. The minimum atomic E-state index is -0.212. The van der Waals surface area contributed by atoms with Gasteiger partial charge >= 0.3 is 0 Å². The summed E-state index contributed by atoms with van der Waals surface area (Å²) in [5, 5.41) is 3.72. The van der Waals surface area contributed by atoms with E-state index in [1.807, 2.05) is 0 Å². The van der Waals surface area contributed by atoms with Gasteiger partial charge in [-0.15, -0.1) is 11.8 Å². The number of benzene rings is 1. The lowest BCUT2D eigenvalue weighted by atomic mass is 9.86. The van der Waals surface area contributed by atoms with Crippen molar-refractivity contribution in [2.45, 2.75) is 45.6 Å². The number of nitrogens with one attached hydrogen (secondary N) is 1. The Morgan fingerprint density at radius 1 is 1.25 bits per heavy atom. The van der Waals surface area contributed by atoms with E-state index >= 15 is 0 Å². The van der Waals surface area contributed by atoms with Crippen LogP contribution in [-0.2, 0) is 14.3 Å². The number of hydrogen-bond donors (Lipinski definition) is 1. The molecule has 1 saturated carbocycles. The van der Waals surface area contributed by atoms with Crippen molar-refractivity contribution in [2.75, 3.05) is 23.8 Å². The van der Waals surface area contributed by atoms with Gasteiger partial charge in [0.1, 0.15) is 17.2 Å². The van der Waals surface area contributed by atoms with E-state index < -0.39 is 0 Å². The van der Waals surface area contributed by atoms with Crippen LogP contribution in [0.5, 0.6) is 0 Å². The van der Waals surface area contributed by atoms with E-state index in [2.05, 4.69) is 12.2 Å². The number of allylic oxidation sites excluding steroid dienone is 1. The number of hydrogen-bond acceptors (Lipinski definition) is 4. The van der Waals surface area contributed by atoms with Crippen LogP contribution in [0.25, 0.3) is 0 Å². The van der Waals surface area contributed by atoms with Gasteiger partial charge in [0.15, 0.2) is 0 Å². The fourth-order valence-electron chi connectivity index (χ4n) is 3.67. The third kappa shape index (κ3) is 5.23. The van der Waals surface area contributed by atoms with Crippen molar-refractivity contribution in [3.05, 3.63) is 40.0 Å². The second kappa shape index (κ2) is 9.70. The van der Waals surface area contributed by atoms with Crippen LogP contribution in [0.2, 0.25) is 5.02 Å². The average molecular weight is 423 g/mol. The zero-order chi connectivity index (χ0) is 20.1. The van der Waals surface area contributed by atoms with Gasteiger partial charge in [-0.2, -0.15) is 0 Å². The zero-order valence-electron chi connectivity index (χ0n) is 16.4. The standard InChI is InChI=1S/C21H27ClN2O3S/c1-14-5-3-4-6-18(14)23-19(25)13-24(17-9-7-16(22)8-10-17)21(26)20-15(2)27-11-12-28-20/h7-10,14,18H,3-6,11-13H2,1-2H3,(H,23,25)/t14-,18+/m1/s1. The number of carbonyl (C=O) groups excluding carboxylic acids is 2. The van der Waals surface area contributed by atoms with Crippen LogP contribution in [0.15, 0.2) is 34.9 Å². The summed E-state index contributed by atoms with van der Waals surface area (Å²) >= 11 is 7.48.